The van der Waals surface area contributed by atoms with Crippen LogP contribution in [0.15, 0.2) is 16.0 Å². The summed E-state index contributed by atoms with van der Waals surface area (Å²) in [5.74, 6) is 0.526. The summed E-state index contributed by atoms with van der Waals surface area (Å²) in [5, 5.41) is 6.46. The quantitative estimate of drug-likeness (QED) is 0.455. The molecule has 15 heavy (non-hydrogen) atoms. The van der Waals surface area contributed by atoms with E-state index in [0.29, 0.717) is 19.0 Å². The summed E-state index contributed by atoms with van der Waals surface area (Å²) in [5.41, 5.74) is 9.10. The van der Waals surface area contributed by atoms with Crippen molar-refractivity contribution in [2.24, 2.45) is 5.11 Å². The molecule has 0 aromatic carbocycles. The smallest absolute Gasteiger partial charge is 0.266 e. The van der Waals surface area contributed by atoms with E-state index in [1.54, 1.807) is 6.07 Å². The molecule has 80 valence electrons. The van der Waals surface area contributed by atoms with Gasteiger partial charge in [-0.05, 0) is 18.4 Å². The van der Waals surface area contributed by atoms with Crippen molar-refractivity contribution >= 4 is 0 Å². The van der Waals surface area contributed by atoms with Crippen LogP contribution < -0.4 is 5.56 Å². The second-order valence-electron chi connectivity index (χ2n) is 3.78. The molecule has 6 heteroatoms. The van der Waals surface area contributed by atoms with Crippen LogP contribution in [-0.4, -0.2) is 16.3 Å². The molecule has 1 aromatic rings. The molecule has 0 aliphatic heterocycles. The lowest BCUT2D eigenvalue weighted by Crippen LogP contribution is -2.17. The Morgan fingerprint density at radius 3 is 3.07 bits per heavy atom. The minimum atomic E-state index is -0.0370. The number of nitrogens with one attached hydrogen (secondary N) is 1. The largest absolute Gasteiger partial charge is 0.299 e. The SMILES string of the molecule is [N-]=[N+]=NCCn1[nH]c(C2CCC2)cc1=O. The lowest BCUT2D eigenvalue weighted by molar-refractivity contribution is 0.405. The number of hydrogen-bond donors (Lipinski definition) is 1. The summed E-state index contributed by atoms with van der Waals surface area (Å²) < 4.78 is 1.50. The van der Waals surface area contributed by atoms with Gasteiger partial charge in [-0.15, -0.1) is 0 Å². The molecule has 2 rings (SSSR count). The zero-order valence-electron chi connectivity index (χ0n) is 8.39. The first-order valence-corrected chi connectivity index (χ1v) is 5.12. The zero-order chi connectivity index (χ0) is 10.7. The van der Waals surface area contributed by atoms with Gasteiger partial charge in [0.1, 0.15) is 0 Å². The van der Waals surface area contributed by atoms with Gasteiger partial charge in [0, 0.05) is 35.7 Å². The minimum Gasteiger partial charge on any atom is -0.299 e. The van der Waals surface area contributed by atoms with Crippen LogP contribution in [0.1, 0.15) is 30.9 Å². The fourth-order valence-electron chi connectivity index (χ4n) is 1.74. The number of H-pyrrole nitrogens is 1. The van der Waals surface area contributed by atoms with Crippen molar-refractivity contribution in [3.8, 4) is 0 Å². The van der Waals surface area contributed by atoms with Gasteiger partial charge in [0.2, 0.25) is 0 Å². The predicted molar refractivity (Wildman–Crippen MR) is 55.7 cm³/mol. The van der Waals surface area contributed by atoms with Gasteiger partial charge in [0.05, 0.1) is 0 Å². The van der Waals surface area contributed by atoms with Crippen molar-refractivity contribution in [3.05, 3.63) is 32.6 Å². The molecule has 1 aromatic heterocycles. The van der Waals surface area contributed by atoms with Crippen LogP contribution in [0.3, 0.4) is 0 Å². The van der Waals surface area contributed by atoms with Crippen LogP contribution >= 0.6 is 0 Å². The third kappa shape index (κ3) is 2.05. The first-order chi connectivity index (χ1) is 7.31. The van der Waals surface area contributed by atoms with Crippen molar-refractivity contribution in [1.82, 2.24) is 9.78 Å². The summed E-state index contributed by atoms with van der Waals surface area (Å²) in [6, 6.07) is 1.65. The molecular weight excluding hydrogens is 194 g/mol. The number of nitrogens with zero attached hydrogens (tertiary/aromatic N) is 4. The highest BCUT2D eigenvalue weighted by Gasteiger charge is 2.21. The zero-order valence-corrected chi connectivity index (χ0v) is 8.39. The Morgan fingerprint density at radius 2 is 2.47 bits per heavy atom. The molecule has 1 aliphatic rings. The van der Waals surface area contributed by atoms with E-state index >= 15 is 0 Å². The van der Waals surface area contributed by atoms with E-state index in [1.807, 2.05) is 0 Å². The van der Waals surface area contributed by atoms with E-state index in [9.17, 15) is 4.79 Å². The molecule has 0 radical (unpaired) electrons. The Labute approximate surface area is 86.5 Å². The first-order valence-electron chi connectivity index (χ1n) is 5.12. The Morgan fingerprint density at radius 1 is 1.67 bits per heavy atom. The highest BCUT2D eigenvalue weighted by molar-refractivity contribution is 5.09. The maximum atomic E-state index is 11.5. The molecule has 1 fully saturated rings. The Kier molecular flexibility index (Phi) is 2.78. The van der Waals surface area contributed by atoms with Crippen LogP contribution in [-0.2, 0) is 6.54 Å². The second-order valence-corrected chi connectivity index (χ2v) is 3.78. The number of azide groups is 1. The first kappa shape index (κ1) is 9.86. The standard InChI is InChI=1S/C9H13N5O/c10-13-11-4-5-14-9(15)6-8(12-14)7-2-1-3-7/h6-7,12H,1-5H2. The maximum absolute atomic E-state index is 11.5. The lowest BCUT2D eigenvalue weighted by atomic mass is 9.83. The fraction of sp³-hybridized carbons (Fsp3) is 0.667. The second kappa shape index (κ2) is 4.23. The van der Waals surface area contributed by atoms with E-state index in [-0.39, 0.29) is 5.56 Å². The normalized spacial score (nSPS) is 15.7. The summed E-state index contributed by atoms with van der Waals surface area (Å²) in [6.07, 6.45) is 3.57. The Hall–Kier alpha value is -1.68. The van der Waals surface area contributed by atoms with Crippen molar-refractivity contribution in [3.63, 3.8) is 0 Å². The van der Waals surface area contributed by atoms with E-state index in [0.717, 1.165) is 18.5 Å². The van der Waals surface area contributed by atoms with Crippen molar-refractivity contribution in [2.75, 3.05) is 6.54 Å². The van der Waals surface area contributed by atoms with Crippen molar-refractivity contribution in [1.29, 1.82) is 0 Å². The molecular formula is C9H13N5O. The molecule has 0 atom stereocenters. The van der Waals surface area contributed by atoms with Gasteiger partial charge in [0.15, 0.2) is 0 Å². The summed E-state index contributed by atoms with van der Waals surface area (Å²) in [4.78, 5) is 14.1. The number of hydrogen-bond acceptors (Lipinski definition) is 2. The van der Waals surface area contributed by atoms with E-state index in [1.165, 1.54) is 11.1 Å². The molecule has 0 saturated heterocycles. The number of rotatable bonds is 4. The van der Waals surface area contributed by atoms with Gasteiger partial charge in [-0.1, -0.05) is 11.5 Å². The molecule has 0 bridgehead atoms. The molecule has 6 nitrogen and oxygen atoms in total. The highest BCUT2D eigenvalue weighted by atomic mass is 16.1. The molecule has 0 unspecified atom stereocenters. The van der Waals surface area contributed by atoms with Crippen molar-refractivity contribution in [2.45, 2.75) is 31.7 Å². The Balaban J connectivity index is 2.07. The average Bonchev–Trinajstić information content (AvgIpc) is 2.45. The van der Waals surface area contributed by atoms with Gasteiger partial charge >= 0.3 is 0 Å². The molecule has 0 spiro atoms. The third-order valence-electron chi connectivity index (χ3n) is 2.84. The van der Waals surface area contributed by atoms with E-state index < -0.39 is 0 Å². The molecule has 1 N–H and O–H groups in total. The topological polar surface area (TPSA) is 86.6 Å². The van der Waals surface area contributed by atoms with Gasteiger partial charge in [-0.3, -0.25) is 14.6 Å². The van der Waals surface area contributed by atoms with Gasteiger partial charge in [-0.2, -0.15) is 0 Å². The third-order valence-corrected chi connectivity index (χ3v) is 2.84. The van der Waals surface area contributed by atoms with Crippen molar-refractivity contribution < 1.29 is 0 Å². The van der Waals surface area contributed by atoms with Crippen LogP contribution in [0, 0.1) is 0 Å². The predicted octanol–water partition coefficient (Wildman–Crippen LogP) is 1.75. The van der Waals surface area contributed by atoms with E-state index in [2.05, 4.69) is 15.1 Å². The molecule has 1 aliphatic carbocycles. The average molecular weight is 207 g/mol. The number of aromatic nitrogens is 2. The Bertz CT molecular complexity index is 436. The van der Waals surface area contributed by atoms with Crippen LogP contribution in [0.5, 0.6) is 0 Å². The maximum Gasteiger partial charge on any atom is 0.266 e. The monoisotopic (exact) mass is 207 g/mol. The van der Waals surface area contributed by atoms with Crippen LogP contribution in [0.4, 0.5) is 0 Å². The summed E-state index contributed by atoms with van der Waals surface area (Å²) in [7, 11) is 0. The highest BCUT2D eigenvalue weighted by Crippen LogP contribution is 2.34. The van der Waals surface area contributed by atoms with Gasteiger partial charge < -0.3 is 0 Å². The minimum absolute atomic E-state index is 0.0370. The summed E-state index contributed by atoms with van der Waals surface area (Å²) >= 11 is 0. The molecule has 1 saturated carbocycles. The lowest BCUT2D eigenvalue weighted by Gasteiger charge is -2.23. The van der Waals surface area contributed by atoms with E-state index in [4.69, 9.17) is 5.53 Å². The number of aromatic amines is 1. The van der Waals surface area contributed by atoms with Crippen LogP contribution in [0.2, 0.25) is 0 Å². The molecule has 1 heterocycles. The fourth-order valence-corrected chi connectivity index (χ4v) is 1.74. The van der Waals surface area contributed by atoms with Gasteiger partial charge in [-0.25, -0.2) is 0 Å². The molecule has 0 amide bonds. The summed E-state index contributed by atoms with van der Waals surface area (Å²) in [6.45, 7) is 0.733. The van der Waals surface area contributed by atoms with Crippen LogP contribution in [0.25, 0.3) is 10.4 Å². The van der Waals surface area contributed by atoms with Gasteiger partial charge in [0.25, 0.3) is 5.56 Å².